The Bertz CT molecular complexity index is 1240. The van der Waals surface area contributed by atoms with Gasteiger partial charge in [0.2, 0.25) is 5.89 Å². The molecule has 1 aromatic carbocycles. The Morgan fingerprint density at radius 3 is 2.46 bits per heavy atom. The number of nitrogens with zero attached hydrogens (tertiary/aromatic N) is 7. The van der Waals surface area contributed by atoms with Crippen LogP contribution in [-0.4, -0.2) is 80.2 Å². The Balaban J connectivity index is 1.24. The summed E-state index contributed by atoms with van der Waals surface area (Å²) in [7, 11) is 0. The molecule has 0 N–H and O–H groups in total. The maximum atomic E-state index is 13.0. The van der Waals surface area contributed by atoms with E-state index in [-0.39, 0.29) is 5.91 Å². The molecule has 196 valence electrons. The SMILES string of the molecule is CC[C@H]1CN(c2ncc(-c3nnc(C)o3)nc2C)[C@H](C)CN1C1CCN(C(=O)c2ccc(Cl)cc2)CC1. The first-order valence-electron chi connectivity index (χ1n) is 13.1. The number of piperidine rings is 1. The van der Waals surface area contributed by atoms with Gasteiger partial charge in [-0.05, 0) is 57.4 Å². The van der Waals surface area contributed by atoms with Gasteiger partial charge in [-0.3, -0.25) is 9.69 Å². The van der Waals surface area contributed by atoms with Crippen molar-refractivity contribution in [3.05, 3.63) is 52.6 Å². The topological polar surface area (TPSA) is 91.5 Å². The smallest absolute Gasteiger partial charge is 0.267 e. The second kappa shape index (κ2) is 10.8. The number of benzene rings is 1. The molecule has 37 heavy (non-hydrogen) atoms. The van der Waals surface area contributed by atoms with E-state index in [0.29, 0.717) is 46.2 Å². The van der Waals surface area contributed by atoms with Crippen LogP contribution in [0.25, 0.3) is 11.6 Å². The molecular formula is C27H34ClN7O2. The number of carbonyl (C=O) groups excluding carboxylic acids is 1. The highest BCUT2D eigenvalue weighted by atomic mass is 35.5. The number of hydrogen-bond donors (Lipinski definition) is 0. The van der Waals surface area contributed by atoms with Crippen molar-refractivity contribution >= 4 is 23.3 Å². The Hall–Kier alpha value is -3.04. The Morgan fingerprint density at radius 2 is 1.84 bits per heavy atom. The number of aromatic nitrogens is 4. The fraction of sp³-hybridized carbons (Fsp3) is 0.519. The number of amides is 1. The van der Waals surface area contributed by atoms with E-state index in [0.717, 1.165) is 57.0 Å². The van der Waals surface area contributed by atoms with E-state index in [4.69, 9.17) is 26.0 Å². The van der Waals surface area contributed by atoms with Crippen molar-refractivity contribution in [2.24, 2.45) is 0 Å². The van der Waals surface area contributed by atoms with Gasteiger partial charge in [-0.25, -0.2) is 9.97 Å². The van der Waals surface area contributed by atoms with Crippen LogP contribution in [0.15, 0.2) is 34.9 Å². The monoisotopic (exact) mass is 523 g/mol. The van der Waals surface area contributed by atoms with E-state index in [2.05, 4.69) is 33.8 Å². The van der Waals surface area contributed by atoms with Crippen molar-refractivity contribution in [1.82, 2.24) is 30.0 Å². The minimum atomic E-state index is 0.0912. The molecular weight excluding hydrogens is 490 g/mol. The van der Waals surface area contributed by atoms with Gasteiger partial charge in [-0.2, -0.15) is 0 Å². The standard InChI is InChI=1S/C27H34ClN7O2/c1-5-22-16-34(25-18(3)30-24(14-29-25)26-32-31-19(4)37-26)17(2)15-35(22)23-10-12-33(13-11-23)27(36)20-6-8-21(28)9-7-20/h6-9,14,17,22-23H,5,10-13,15-16H2,1-4H3/t17-,22+/m1/s1. The number of halogens is 1. The average molecular weight is 524 g/mol. The van der Waals surface area contributed by atoms with Gasteiger partial charge in [0.05, 0.1) is 11.9 Å². The zero-order valence-corrected chi connectivity index (χ0v) is 22.6. The first kappa shape index (κ1) is 25.6. The third-order valence-electron chi connectivity index (χ3n) is 7.60. The highest BCUT2D eigenvalue weighted by Gasteiger charge is 2.37. The lowest BCUT2D eigenvalue weighted by molar-refractivity contribution is 0.0434. The normalized spacial score (nSPS) is 21.4. The molecule has 0 bridgehead atoms. The fourth-order valence-corrected chi connectivity index (χ4v) is 5.73. The van der Waals surface area contributed by atoms with Gasteiger partial charge in [-0.1, -0.05) is 18.5 Å². The van der Waals surface area contributed by atoms with Crippen molar-refractivity contribution in [2.75, 3.05) is 31.1 Å². The molecule has 9 nitrogen and oxygen atoms in total. The summed E-state index contributed by atoms with van der Waals surface area (Å²) in [6.07, 6.45) is 4.75. The third kappa shape index (κ3) is 5.33. The van der Waals surface area contributed by atoms with Gasteiger partial charge in [0, 0.05) is 61.8 Å². The van der Waals surface area contributed by atoms with Crippen LogP contribution in [0.1, 0.15) is 55.1 Å². The predicted molar refractivity (Wildman–Crippen MR) is 143 cm³/mol. The van der Waals surface area contributed by atoms with Crippen LogP contribution in [0.3, 0.4) is 0 Å². The quantitative estimate of drug-likeness (QED) is 0.486. The molecule has 4 heterocycles. The summed E-state index contributed by atoms with van der Waals surface area (Å²) in [5, 5.41) is 8.61. The lowest BCUT2D eigenvalue weighted by Gasteiger charge is -2.50. The van der Waals surface area contributed by atoms with Crippen LogP contribution in [0.2, 0.25) is 5.02 Å². The summed E-state index contributed by atoms with van der Waals surface area (Å²) in [5.74, 6) is 1.90. The molecule has 0 spiro atoms. The molecule has 2 atom stereocenters. The summed E-state index contributed by atoms with van der Waals surface area (Å²) in [6.45, 7) is 11.7. The maximum absolute atomic E-state index is 13.0. The van der Waals surface area contributed by atoms with E-state index < -0.39 is 0 Å². The molecule has 10 heteroatoms. The molecule has 0 saturated carbocycles. The van der Waals surface area contributed by atoms with Crippen LogP contribution >= 0.6 is 11.6 Å². The summed E-state index contributed by atoms with van der Waals surface area (Å²) >= 11 is 5.99. The molecule has 2 aromatic heterocycles. The molecule has 0 unspecified atom stereocenters. The lowest BCUT2D eigenvalue weighted by Crippen LogP contribution is -2.62. The molecule has 5 rings (SSSR count). The Morgan fingerprint density at radius 1 is 1.11 bits per heavy atom. The van der Waals surface area contributed by atoms with E-state index in [9.17, 15) is 4.79 Å². The van der Waals surface area contributed by atoms with Crippen molar-refractivity contribution in [2.45, 2.75) is 65.1 Å². The summed E-state index contributed by atoms with van der Waals surface area (Å²) in [5.41, 5.74) is 2.16. The van der Waals surface area contributed by atoms with Gasteiger partial charge in [-0.15, -0.1) is 10.2 Å². The highest BCUT2D eigenvalue weighted by molar-refractivity contribution is 6.30. The zero-order valence-electron chi connectivity index (χ0n) is 21.9. The van der Waals surface area contributed by atoms with Gasteiger partial charge in [0.25, 0.3) is 11.8 Å². The van der Waals surface area contributed by atoms with Crippen molar-refractivity contribution in [3.8, 4) is 11.6 Å². The molecule has 2 aliphatic heterocycles. The fourth-order valence-electron chi connectivity index (χ4n) is 5.61. The average Bonchev–Trinajstić information content (AvgIpc) is 3.35. The molecule has 3 aromatic rings. The number of hydrogen-bond acceptors (Lipinski definition) is 8. The Kier molecular flexibility index (Phi) is 7.44. The zero-order chi connectivity index (χ0) is 26.1. The van der Waals surface area contributed by atoms with E-state index in [1.165, 1.54) is 0 Å². The first-order chi connectivity index (χ1) is 17.8. The van der Waals surface area contributed by atoms with E-state index in [1.807, 2.05) is 24.0 Å². The van der Waals surface area contributed by atoms with Gasteiger partial charge >= 0.3 is 0 Å². The summed E-state index contributed by atoms with van der Waals surface area (Å²) in [4.78, 5) is 29.5. The largest absolute Gasteiger partial charge is 0.420 e. The minimum Gasteiger partial charge on any atom is -0.420 e. The third-order valence-corrected chi connectivity index (χ3v) is 7.86. The molecule has 2 aliphatic rings. The summed E-state index contributed by atoms with van der Waals surface area (Å²) in [6, 6.07) is 8.36. The molecule has 1 amide bonds. The highest BCUT2D eigenvalue weighted by Crippen LogP contribution is 2.30. The van der Waals surface area contributed by atoms with Crippen LogP contribution in [0, 0.1) is 13.8 Å². The molecule has 2 fully saturated rings. The van der Waals surface area contributed by atoms with Crippen molar-refractivity contribution < 1.29 is 9.21 Å². The number of carbonyl (C=O) groups is 1. The molecule has 2 saturated heterocycles. The van der Waals surface area contributed by atoms with Crippen LogP contribution < -0.4 is 4.90 Å². The second-order valence-electron chi connectivity index (χ2n) is 10.1. The van der Waals surface area contributed by atoms with Crippen LogP contribution in [0.5, 0.6) is 0 Å². The minimum absolute atomic E-state index is 0.0912. The summed E-state index contributed by atoms with van der Waals surface area (Å²) < 4.78 is 5.52. The van der Waals surface area contributed by atoms with Gasteiger partial charge < -0.3 is 14.2 Å². The first-order valence-corrected chi connectivity index (χ1v) is 13.4. The van der Waals surface area contributed by atoms with E-state index in [1.54, 1.807) is 25.3 Å². The number of rotatable bonds is 5. The predicted octanol–water partition coefficient (Wildman–Crippen LogP) is 4.39. The van der Waals surface area contributed by atoms with Crippen molar-refractivity contribution in [3.63, 3.8) is 0 Å². The van der Waals surface area contributed by atoms with Crippen LogP contribution in [0.4, 0.5) is 5.82 Å². The number of aryl methyl sites for hydroxylation is 2. The second-order valence-corrected chi connectivity index (χ2v) is 10.5. The van der Waals surface area contributed by atoms with Gasteiger partial charge in [0.15, 0.2) is 0 Å². The van der Waals surface area contributed by atoms with Gasteiger partial charge in [0.1, 0.15) is 11.5 Å². The van der Waals surface area contributed by atoms with Crippen molar-refractivity contribution in [1.29, 1.82) is 0 Å². The number of piperazine rings is 1. The maximum Gasteiger partial charge on any atom is 0.267 e. The van der Waals surface area contributed by atoms with Crippen LogP contribution in [-0.2, 0) is 0 Å². The Labute approximate surface area is 222 Å². The number of anilines is 1. The molecule has 0 aliphatic carbocycles. The number of likely N-dealkylation sites (tertiary alicyclic amines) is 1. The molecule has 0 radical (unpaired) electrons. The van der Waals surface area contributed by atoms with E-state index >= 15 is 0 Å². The lowest BCUT2D eigenvalue weighted by atomic mass is 9.96.